The van der Waals surface area contributed by atoms with Gasteiger partial charge in [0, 0.05) is 20.1 Å². The molecule has 1 aromatic rings. The van der Waals surface area contributed by atoms with Gasteiger partial charge in [-0.05, 0) is 21.0 Å². The van der Waals surface area contributed by atoms with Gasteiger partial charge in [0.2, 0.25) is 0 Å². The van der Waals surface area contributed by atoms with Gasteiger partial charge in [-0.1, -0.05) is 0 Å². The van der Waals surface area contributed by atoms with Crippen LogP contribution in [0.2, 0.25) is 0 Å². The highest BCUT2D eigenvalue weighted by molar-refractivity contribution is 7.13. The molecule has 1 heterocycles. The molecule has 0 bridgehead atoms. The molecule has 20 heavy (non-hydrogen) atoms. The Hall–Kier alpha value is -1.67. The third-order valence-electron chi connectivity index (χ3n) is 2.66. The van der Waals surface area contributed by atoms with Crippen LogP contribution in [0.15, 0.2) is 0 Å². The van der Waals surface area contributed by atoms with Crippen molar-refractivity contribution in [3.63, 3.8) is 0 Å². The maximum Gasteiger partial charge on any atom is 0.347 e. The number of aryl methyl sites for hydroxylation is 1. The number of aromatic carboxylic acids is 1. The van der Waals surface area contributed by atoms with Crippen molar-refractivity contribution in [3.8, 4) is 0 Å². The summed E-state index contributed by atoms with van der Waals surface area (Å²) in [5, 5.41) is 12.3. The number of likely N-dealkylation sites (N-methyl/N-ethyl adjacent to an activating group) is 2. The first-order valence-electron chi connectivity index (χ1n) is 6.14. The number of amides is 2. The average molecular weight is 300 g/mol. The van der Waals surface area contributed by atoms with Crippen LogP contribution in [0.1, 0.15) is 20.4 Å². The summed E-state index contributed by atoms with van der Waals surface area (Å²) in [6.45, 7) is 3.29. The third-order valence-corrected chi connectivity index (χ3v) is 3.80. The van der Waals surface area contributed by atoms with E-state index in [1.54, 1.807) is 18.9 Å². The molecule has 0 aliphatic heterocycles. The molecule has 0 aliphatic rings. The highest BCUT2D eigenvalue weighted by atomic mass is 32.1. The summed E-state index contributed by atoms with van der Waals surface area (Å²) in [4.78, 5) is 30.6. The minimum absolute atomic E-state index is 0.198. The van der Waals surface area contributed by atoms with Crippen molar-refractivity contribution in [1.82, 2.24) is 20.1 Å². The van der Waals surface area contributed by atoms with Crippen LogP contribution in [0.25, 0.3) is 0 Å². The lowest BCUT2D eigenvalue weighted by atomic mass is 10.4. The predicted octanol–water partition coefficient (Wildman–Crippen LogP) is 0.853. The van der Waals surface area contributed by atoms with Gasteiger partial charge >= 0.3 is 12.0 Å². The first-order chi connectivity index (χ1) is 9.31. The molecule has 112 valence electrons. The van der Waals surface area contributed by atoms with E-state index in [0.29, 0.717) is 17.2 Å². The second-order valence-corrected chi connectivity index (χ2v) is 5.79. The van der Waals surface area contributed by atoms with E-state index in [0.717, 1.165) is 17.9 Å². The molecule has 0 fully saturated rings. The van der Waals surface area contributed by atoms with Gasteiger partial charge in [-0.15, -0.1) is 11.3 Å². The molecule has 0 radical (unpaired) electrons. The van der Waals surface area contributed by atoms with Crippen molar-refractivity contribution in [1.29, 1.82) is 0 Å². The lowest BCUT2D eigenvalue weighted by Gasteiger charge is -2.19. The fourth-order valence-electron chi connectivity index (χ4n) is 1.46. The molecule has 0 saturated heterocycles. The average Bonchev–Trinajstić information content (AvgIpc) is 2.74. The topological polar surface area (TPSA) is 85.8 Å². The number of carboxylic acid groups (broad SMARTS) is 1. The van der Waals surface area contributed by atoms with Crippen molar-refractivity contribution < 1.29 is 14.7 Å². The first-order valence-corrected chi connectivity index (χ1v) is 6.96. The summed E-state index contributed by atoms with van der Waals surface area (Å²) in [6, 6.07) is -0.198. The Morgan fingerprint density at radius 1 is 1.30 bits per heavy atom. The highest BCUT2D eigenvalue weighted by Crippen LogP contribution is 2.17. The van der Waals surface area contributed by atoms with E-state index in [4.69, 9.17) is 5.11 Å². The molecule has 0 spiro atoms. The first kappa shape index (κ1) is 16.4. The van der Waals surface area contributed by atoms with E-state index in [9.17, 15) is 9.59 Å². The normalized spacial score (nSPS) is 10.7. The lowest BCUT2D eigenvalue weighted by molar-refractivity contribution is 0.0701. The Balaban J connectivity index is 2.48. The maximum absolute atomic E-state index is 11.8. The van der Waals surface area contributed by atoms with E-state index in [1.807, 2.05) is 19.0 Å². The second kappa shape index (κ2) is 7.20. The number of carbonyl (C=O) groups excluding carboxylic acids is 1. The Labute approximate surface area is 122 Å². The molecule has 2 amide bonds. The van der Waals surface area contributed by atoms with Crippen LogP contribution >= 0.6 is 11.3 Å². The number of nitrogens with one attached hydrogen (secondary N) is 1. The number of aromatic nitrogens is 1. The Morgan fingerprint density at radius 2 is 1.95 bits per heavy atom. The SMILES string of the molecule is Cc1nc(CNC(=O)N(C)CCN(C)C)sc1C(=O)O. The second-order valence-electron chi connectivity index (χ2n) is 4.71. The molecular formula is C12H20N4O3S. The van der Waals surface area contributed by atoms with Crippen LogP contribution in [-0.4, -0.2) is 66.1 Å². The van der Waals surface area contributed by atoms with Gasteiger partial charge in [0.1, 0.15) is 9.88 Å². The van der Waals surface area contributed by atoms with Crippen molar-refractivity contribution in [2.75, 3.05) is 34.2 Å². The molecular weight excluding hydrogens is 280 g/mol. The van der Waals surface area contributed by atoms with E-state index in [1.165, 1.54) is 0 Å². The number of hydrogen-bond donors (Lipinski definition) is 2. The number of thiazole rings is 1. The molecule has 0 aliphatic carbocycles. The van der Waals surface area contributed by atoms with Crippen LogP contribution in [0.3, 0.4) is 0 Å². The predicted molar refractivity (Wildman–Crippen MR) is 77.2 cm³/mol. The van der Waals surface area contributed by atoms with Gasteiger partial charge in [0.15, 0.2) is 0 Å². The quantitative estimate of drug-likeness (QED) is 0.813. The molecule has 2 N–H and O–H groups in total. The van der Waals surface area contributed by atoms with Gasteiger partial charge < -0.3 is 20.2 Å². The van der Waals surface area contributed by atoms with Crippen LogP contribution in [0, 0.1) is 6.92 Å². The number of nitrogens with zero attached hydrogens (tertiary/aromatic N) is 3. The van der Waals surface area contributed by atoms with Gasteiger partial charge in [0.05, 0.1) is 12.2 Å². The number of rotatable bonds is 6. The van der Waals surface area contributed by atoms with E-state index < -0.39 is 5.97 Å². The van der Waals surface area contributed by atoms with Crippen molar-refractivity contribution in [3.05, 3.63) is 15.6 Å². The number of carboxylic acids is 1. The smallest absolute Gasteiger partial charge is 0.347 e. The molecule has 0 saturated carbocycles. The fourth-order valence-corrected chi connectivity index (χ4v) is 2.31. The monoisotopic (exact) mass is 300 g/mol. The number of hydrogen-bond acceptors (Lipinski definition) is 5. The van der Waals surface area contributed by atoms with Crippen LogP contribution in [0.4, 0.5) is 4.79 Å². The van der Waals surface area contributed by atoms with Gasteiger partial charge in [-0.25, -0.2) is 14.6 Å². The largest absolute Gasteiger partial charge is 0.477 e. The molecule has 1 aromatic heterocycles. The van der Waals surface area contributed by atoms with Gasteiger partial charge in [-0.3, -0.25) is 0 Å². The number of carbonyl (C=O) groups is 2. The molecule has 0 aromatic carbocycles. The zero-order valence-corrected chi connectivity index (χ0v) is 13.0. The third kappa shape index (κ3) is 4.78. The minimum atomic E-state index is -0.985. The number of urea groups is 1. The Bertz CT molecular complexity index is 487. The summed E-state index contributed by atoms with van der Waals surface area (Å²) in [7, 11) is 5.60. The summed E-state index contributed by atoms with van der Waals surface area (Å²) >= 11 is 1.09. The standard InChI is InChI=1S/C12H20N4O3S/c1-8-10(11(17)18)20-9(14-8)7-13-12(19)16(4)6-5-15(2)3/h5-7H2,1-4H3,(H,13,19)(H,17,18). The van der Waals surface area contributed by atoms with E-state index in [-0.39, 0.29) is 17.5 Å². The lowest BCUT2D eigenvalue weighted by Crippen LogP contribution is -2.40. The van der Waals surface area contributed by atoms with Crippen LogP contribution in [-0.2, 0) is 6.54 Å². The van der Waals surface area contributed by atoms with Crippen molar-refractivity contribution in [2.45, 2.75) is 13.5 Å². The maximum atomic E-state index is 11.8. The van der Waals surface area contributed by atoms with Gasteiger partial charge in [0.25, 0.3) is 0 Å². The minimum Gasteiger partial charge on any atom is -0.477 e. The molecule has 8 heteroatoms. The van der Waals surface area contributed by atoms with E-state index >= 15 is 0 Å². The molecule has 1 rings (SSSR count). The Morgan fingerprint density at radius 3 is 2.45 bits per heavy atom. The molecule has 7 nitrogen and oxygen atoms in total. The zero-order chi connectivity index (χ0) is 15.3. The van der Waals surface area contributed by atoms with Gasteiger partial charge in [-0.2, -0.15) is 0 Å². The zero-order valence-electron chi connectivity index (χ0n) is 12.1. The van der Waals surface area contributed by atoms with Crippen molar-refractivity contribution in [2.24, 2.45) is 0 Å². The van der Waals surface area contributed by atoms with Crippen molar-refractivity contribution >= 4 is 23.3 Å². The van der Waals surface area contributed by atoms with Crippen LogP contribution < -0.4 is 5.32 Å². The molecule has 0 atom stereocenters. The summed E-state index contributed by atoms with van der Waals surface area (Å²) < 4.78 is 0. The molecule has 0 unspecified atom stereocenters. The Kier molecular flexibility index (Phi) is 5.90. The van der Waals surface area contributed by atoms with E-state index in [2.05, 4.69) is 10.3 Å². The fraction of sp³-hybridized carbons (Fsp3) is 0.583. The summed E-state index contributed by atoms with van der Waals surface area (Å²) in [5.41, 5.74) is 0.479. The highest BCUT2D eigenvalue weighted by Gasteiger charge is 2.15. The van der Waals surface area contributed by atoms with Crippen LogP contribution in [0.5, 0.6) is 0 Å². The summed E-state index contributed by atoms with van der Waals surface area (Å²) in [6.07, 6.45) is 0. The summed E-state index contributed by atoms with van der Waals surface area (Å²) in [5.74, 6) is -0.985.